The predicted molar refractivity (Wildman–Crippen MR) is 170 cm³/mol. The van der Waals surface area contributed by atoms with Gasteiger partial charge in [-0.3, -0.25) is 4.79 Å². The van der Waals surface area contributed by atoms with Gasteiger partial charge in [0, 0.05) is 29.6 Å². The molecule has 5 rings (SSSR count). The van der Waals surface area contributed by atoms with Crippen molar-refractivity contribution in [3.63, 3.8) is 0 Å². The highest BCUT2D eigenvalue weighted by atomic mass is 79.9. The van der Waals surface area contributed by atoms with Gasteiger partial charge < -0.3 is 29.2 Å². The van der Waals surface area contributed by atoms with E-state index in [-0.39, 0.29) is 19.1 Å². The molecule has 0 spiro atoms. The molecule has 3 heterocycles. The maximum absolute atomic E-state index is 13.4. The third-order valence-corrected chi connectivity index (χ3v) is 8.82. The van der Waals surface area contributed by atoms with Gasteiger partial charge in [0.25, 0.3) is 5.91 Å². The van der Waals surface area contributed by atoms with Crippen LogP contribution in [0.15, 0.2) is 70.0 Å². The first-order chi connectivity index (χ1) is 21.3. The molecule has 1 N–H and O–H groups in total. The Balaban J connectivity index is 1.47. The van der Waals surface area contributed by atoms with Crippen molar-refractivity contribution in [3.8, 4) is 11.5 Å². The Morgan fingerprint density at radius 1 is 1.27 bits per heavy atom. The minimum Gasteiger partial charge on any atom is -0.493 e. The molecular formula is C30H31BrClN5O6S. The van der Waals surface area contributed by atoms with Gasteiger partial charge in [-0.1, -0.05) is 54.2 Å². The number of rotatable bonds is 11. The number of morpholine rings is 1. The van der Waals surface area contributed by atoms with Crippen LogP contribution in [0, 0.1) is 0 Å². The number of benzene rings is 2. The maximum Gasteiger partial charge on any atom is 0.338 e. The molecule has 2 aromatic carbocycles. The van der Waals surface area contributed by atoms with Gasteiger partial charge >= 0.3 is 5.97 Å². The zero-order valence-corrected chi connectivity index (χ0v) is 27.3. The van der Waals surface area contributed by atoms with Crippen LogP contribution in [0.3, 0.4) is 0 Å². The first kappa shape index (κ1) is 31.9. The first-order valence-corrected chi connectivity index (χ1v) is 15.9. The average molecular weight is 705 g/mol. The topological polar surface area (TPSA) is 117 Å². The quantitative estimate of drug-likeness (QED) is 0.161. The number of allylic oxidation sites excluding steroid dienone is 1. The van der Waals surface area contributed by atoms with E-state index in [2.05, 4.69) is 27.8 Å². The van der Waals surface area contributed by atoms with E-state index in [9.17, 15) is 9.59 Å². The molecule has 14 heteroatoms. The number of nitrogens with one attached hydrogen (secondary N) is 1. The number of fused-ring (bicyclic) bond motifs is 1. The van der Waals surface area contributed by atoms with Gasteiger partial charge in [-0.15, -0.1) is 5.10 Å². The molecule has 0 bridgehead atoms. The van der Waals surface area contributed by atoms with E-state index in [0.29, 0.717) is 81.0 Å². The molecular weight excluding hydrogens is 674 g/mol. The van der Waals surface area contributed by atoms with Crippen molar-refractivity contribution in [2.45, 2.75) is 23.9 Å². The van der Waals surface area contributed by atoms with Crippen molar-refractivity contribution in [3.05, 3.63) is 80.9 Å². The smallest absolute Gasteiger partial charge is 0.338 e. The highest BCUT2D eigenvalue weighted by Crippen LogP contribution is 2.43. The number of halogens is 2. The summed E-state index contributed by atoms with van der Waals surface area (Å²) in [6, 6.07) is 10.4. The number of ether oxygens (including phenoxy) is 4. The van der Waals surface area contributed by atoms with Crippen LogP contribution in [-0.4, -0.2) is 78.2 Å². The number of carbonyl (C=O) groups excluding carboxylic acids is 2. The van der Waals surface area contributed by atoms with Crippen LogP contribution in [0.5, 0.6) is 11.5 Å². The van der Waals surface area contributed by atoms with Crippen molar-refractivity contribution in [1.82, 2.24) is 19.7 Å². The number of nitrogens with zero attached hydrogens (tertiary/aromatic N) is 4. The van der Waals surface area contributed by atoms with Crippen molar-refractivity contribution in [2.24, 2.45) is 0 Å². The largest absolute Gasteiger partial charge is 0.493 e. The summed E-state index contributed by atoms with van der Waals surface area (Å²) in [5, 5.41) is 9.13. The van der Waals surface area contributed by atoms with E-state index < -0.39 is 12.0 Å². The normalized spacial score (nSPS) is 16.2. The van der Waals surface area contributed by atoms with E-state index in [1.807, 2.05) is 30.3 Å². The van der Waals surface area contributed by atoms with E-state index >= 15 is 0 Å². The number of carbonyl (C=O) groups is 2. The summed E-state index contributed by atoms with van der Waals surface area (Å²) in [6.45, 7) is 7.35. The molecule has 2 aliphatic rings. The second-order valence-electron chi connectivity index (χ2n) is 9.81. The summed E-state index contributed by atoms with van der Waals surface area (Å²) in [5.74, 6) is 1.07. The van der Waals surface area contributed by atoms with Crippen LogP contribution in [0.2, 0.25) is 5.02 Å². The van der Waals surface area contributed by atoms with Crippen LogP contribution in [0.25, 0.3) is 0 Å². The molecule has 0 aliphatic carbocycles. The molecule has 232 valence electrons. The average Bonchev–Trinajstić information content (AvgIpc) is 3.44. The number of anilines is 1. The Morgan fingerprint density at radius 3 is 2.77 bits per heavy atom. The summed E-state index contributed by atoms with van der Waals surface area (Å²) in [4.78, 5) is 32.5. The minimum atomic E-state index is -0.722. The Labute approximate surface area is 272 Å². The van der Waals surface area contributed by atoms with Crippen LogP contribution in [-0.2, 0) is 24.8 Å². The molecule has 1 amide bonds. The number of amides is 1. The molecule has 1 aromatic heterocycles. The first-order valence-electron chi connectivity index (χ1n) is 13.7. The highest BCUT2D eigenvalue weighted by Gasteiger charge is 2.36. The molecule has 11 nitrogen and oxygen atoms in total. The predicted octanol–water partition coefficient (Wildman–Crippen LogP) is 5.25. The van der Waals surface area contributed by atoms with E-state index in [1.54, 1.807) is 22.6 Å². The standard InChI is InChI=1S/C30H31BrClN5O6S/c1-4-11-42-28(39)25-18(2)33-29-34-30(44-17-19-7-5-6-8-22(19)32)35-37(29)26(25)20-14-21(31)27(23(15-20)40-3)43-16-24(38)36-9-12-41-13-10-36/h4-8,14-15,26H,1,9-13,16-17H2,2-3H3,(H,33,34,35). The van der Waals surface area contributed by atoms with Crippen molar-refractivity contribution >= 4 is 57.1 Å². The second-order valence-corrected chi connectivity index (χ2v) is 12.0. The number of hydrogen-bond acceptors (Lipinski definition) is 10. The molecule has 1 saturated heterocycles. The fourth-order valence-electron chi connectivity index (χ4n) is 4.81. The number of methoxy groups -OCH3 is 1. The molecule has 2 aliphatic heterocycles. The lowest BCUT2D eigenvalue weighted by atomic mass is 9.95. The minimum absolute atomic E-state index is 0.0441. The van der Waals surface area contributed by atoms with Crippen molar-refractivity contribution in [2.75, 3.05) is 51.9 Å². The van der Waals surface area contributed by atoms with Gasteiger partial charge in [0.15, 0.2) is 18.1 Å². The molecule has 3 aromatic rings. The Morgan fingerprint density at radius 2 is 2.05 bits per heavy atom. The lowest BCUT2D eigenvalue weighted by molar-refractivity contribution is -0.138. The summed E-state index contributed by atoms with van der Waals surface area (Å²) >= 11 is 11.4. The molecule has 44 heavy (non-hydrogen) atoms. The molecule has 1 unspecified atom stereocenters. The number of thioether (sulfide) groups is 1. The lowest BCUT2D eigenvalue weighted by Crippen LogP contribution is -2.43. The van der Waals surface area contributed by atoms with Gasteiger partial charge in [-0.05, 0) is 52.2 Å². The van der Waals surface area contributed by atoms with Crippen molar-refractivity contribution < 1.29 is 28.5 Å². The van der Waals surface area contributed by atoms with Gasteiger partial charge in [-0.2, -0.15) is 4.98 Å². The van der Waals surface area contributed by atoms with E-state index in [1.165, 1.54) is 24.9 Å². The monoisotopic (exact) mass is 703 g/mol. The van der Waals surface area contributed by atoms with Gasteiger partial charge in [0.05, 0.1) is 30.4 Å². The maximum atomic E-state index is 13.4. The van der Waals surface area contributed by atoms with Gasteiger partial charge in [0.2, 0.25) is 11.1 Å². The number of aromatic nitrogens is 3. The van der Waals surface area contributed by atoms with E-state index in [4.69, 9.17) is 40.6 Å². The summed E-state index contributed by atoms with van der Waals surface area (Å²) in [5.41, 5.74) is 2.52. The third-order valence-electron chi connectivity index (χ3n) is 6.97. The van der Waals surface area contributed by atoms with Crippen LogP contribution >= 0.6 is 39.3 Å². The SMILES string of the molecule is C=CCOC(=O)C1=C(C)Nc2nc(SCc3ccccc3Cl)nn2C1c1cc(Br)c(OCC(=O)N2CCOCC2)c(OC)c1. The zero-order chi connectivity index (χ0) is 31.2. The van der Waals surface area contributed by atoms with Crippen LogP contribution < -0.4 is 14.8 Å². The molecule has 1 atom stereocenters. The fraction of sp³-hybridized carbons (Fsp3) is 0.333. The number of hydrogen-bond donors (Lipinski definition) is 1. The Bertz CT molecular complexity index is 1590. The number of esters is 1. The van der Waals surface area contributed by atoms with Crippen LogP contribution in [0.4, 0.5) is 5.95 Å². The lowest BCUT2D eigenvalue weighted by Gasteiger charge is -2.29. The second kappa shape index (κ2) is 14.5. The third kappa shape index (κ3) is 7.06. The van der Waals surface area contributed by atoms with Crippen molar-refractivity contribution in [1.29, 1.82) is 0 Å². The zero-order valence-electron chi connectivity index (χ0n) is 24.2. The Kier molecular flexibility index (Phi) is 10.5. The van der Waals surface area contributed by atoms with E-state index in [0.717, 1.165) is 5.56 Å². The molecule has 0 radical (unpaired) electrons. The molecule has 0 saturated carbocycles. The fourth-order valence-corrected chi connectivity index (χ4v) is 6.50. The summed E-state index contributed by atoms with van der Waals surface area (Å²) in [6.07, 6.45) is 1.51. The molecule has 1 fully saturated rings. The highest BCUT2D eigenvalue weighted by molar-refractivity contribution is 9.10. The van der Waals surface area contributed by atoms with Gasteiger partial charge in [-0.25, -0.2) is 9.48 Å². The summed E-state index contributed by atoms with van der Waals surface area (Å²) < 4.78 is 24.6. The Hall–Kier alpha value is -3.52. The summed E-state index contributed by atoms with van der Waals surface area (Å²) in [7, 11) is 1.51. The van der Waals surface area contributed by atoms with Gasteiger partial charge in [0.1, 0.15) is 12.6 Å². The van der Waals surface area contributed by atoms with Crippen LogP contribution in [0.1, 0.15) is 24.1 Å².